The van der Waals surface area contributed by atoms with Crippen LogP contribution in [0.3, 0.4) is 0 Å². The zero-order valence-electron chi connectivity index (χ0n) is 40.2. The Kier molecular flexibility index (Phi) is 26.3. The molecule has 0 aliphatic heterocycles. The Labute approximate surface area is 346 Å². The number of fused-ring (bicyclic) bond motifs is 1. The second kappa shape index (κ2) is 27.1. The van der Waals surface area contributed by atoms with Crippen LogP contribution in [0.2, 0.25) is 0 Å². The van der Waals surface area contributed by atoms with Crippen molar-refractivity contribution in [1.82, 2.24) is 10.3 Å². The third-order valence-corrected chi connectivity index (χ3v) is 8.36. The van der Waals surface area contributed by atoms with E-state index in [9.17, 15) is 0 Å². The number of aliphatic imine (C=N–C) groups is 2. The highest BCUT2D eigenvalue weighted by Gasteiger charge is 2.33. The largest absolute Gasteiger partial charge is 0.323 e. The van der Waals surface area contributed by atoms with Gasteiger partial charge in [-0.05, 0) is 134 Å². The summed E-state index contributed by atoms with van der Waals surface area (Å²) < 4.78 is 0. The molecule has 2 aliphatic rings. The molecule has 3 aromatic rings. The van der Waals surface area contributed by atoms with Gasteiger partial charge in [-0.2, -0.15) is 0 Å². The van der Waals surface area contributed by atoms with Crippen molar-refractivity contribution in [3.63, 3.8) is 0 Å². The Morgan fingerprint density at radius 3 is 1.86 bits per heavy atom. The zero-order valence-corrected chi connectivity index (χ0v) is 40.2. The van der Waals surface area contributed by atoms with Gasteiger partial charge in [-0.15, -0.1) is 6.58 Å². The van der Waals surface area contributed by atoms with Crippen molar-refractivity contribution in [3.05, 3.63) is 87.6 Å². The third kappa shape index (κ3) is 17.7. The first-order valence-electron chi connectivity index (χ1n) is 21.2. The van der Waals surface area contributed by atoms with E-state index in [2.05, 4.69) is 156 Å². The molecule has 0 fully saturated rings. The van der Waals surface area contributed by atoms with E-state index in [4.69, 9.17) is 4.98 Å². The van der Waals surface area contributed by atoms with Crippen LogP contribution in [0.4, 0.5) is 0 Å². The molecule has 314 valence electrons. The van der Waals surface area contributed by atoms with E-state index in [0.717, 1.165) is 36.8 Å². The van der Waals surface area contributed by atoms with Gasteiger partial charge < -0.3 is 5.32 Å². The van der Waals surface area contributed by atoms with Crippen LogP contribution in [0.25, 0.3) is 33.7 Å². The van der Waals surface area contributed by atoms with Gasteiger partial charge in [0.15, 0.2) is 0 Å². The van der Waals surface area contributed by atoms with E-state index in [1.165, 1.54) is 67.6 Å². The summed E-state index contributed by atoms with van der Waals surface area (Å²) in [6, 6.07) is 9.30. The molecular weight excluding hydrogens is 681 g/mol. The van der Waals surface area contributed by atoms with Crippen LogP contribution in [-0.2, 0) is 19.3 Å². The van der Waals surface area contributed by atoms with Crippen LogP contribution >= 0.6 is 0 Å². The van der Waals surface area contributed by atoms with Crippen molar-refractivity contribution >= 4 is 35.5 Å². The Bertz CT molecular complexity index is 1770. The predicted octanol–water partition coefficient (Wildman–Crippen LogP) is 13.5. The van der Waals surface area contributed by atoms with Crippen molar-refractivity contribution in [2.75, 3.05) is 21.1 Å². The number of nitrogens with zero attached hydrogens (tertiary/aromatic N) is 3. The SMILES string of the molecule is C=CC.C=N/C=C(\C=NC)C1(C)CC=c2c(-c3ccc4c5c(ccnc35)CCC4)c(CC)c(C)cc2=C1C.CC.CC(C)(C)C.CC(C)(C)C.CCC.CNC. The van der Waals surface area contributed by atoms with Crippen molar-refractivity contribution < 1.29 is 0 Å². The number of allylic oxidation sites excluding steroid dienone is 2. The van der Waals surface area contributed by atoms with E-state index >= 15 is 0 Å². The fourth-order valence-corrected chi connectivity index (χ4v) is 6.31. The average molecular weight is 767 g/mol. The Morgan fingerprint density at radius 2 is 1.41 bits per heavy atom. The molecule has 1 aromatic heterocycles. The highest BCUT2D eigenvalue weighted by Crippen LogP contribution is 2.41. The average Bonchev–Trinajstić information content (AvgIpc) is 3.11. The van der Waals surface area contributed by atoms with E-state index in [-0.39, 0.29) is 5.41 Å². The summed E-state index contributed by atoms with van der Waals surface area (Å²) in [6.07, 6.45) is 16.6. The molecule has 0 saturated heterocycles. The van der Waals surface area contributed by atoms with Gasteiger partial charge in [0, 0.05) is 42.0 Å². The van der Waals surface area contributed by atoms with Crippen LogP contribution in [0.5, 0.6) is 0 Å². The summed E-state index contributed by atoms with van der Waals surface area (Å²) >= 11 is 0. The van der Waals surface area contributed by atoms with E-state index in [1.807, 2.05) is 60.5 Å². The number of nitrogens with one attached hydrogen (secondary N) is 1. The zero-order chi connectivity index (χ0) is 43.9. The molecule has 56 heavy (non-hydrogen) atoms. The molecule has 4 heteroatoms. The van der Waals surface area contributed by atoms with Crippen molar-refractivity contribution in [2.24, 2.45) is 26.2 Å². The summed E-state index contributed by atoms with van der Waals surface area (Å²) in [6.45, 7) is 43.8. The van der Waals surface area contributed by atoms with Gasteiger partial charge >= 0.3 is 0 Å². The first kappa shape index (κ1) is 54.5. The number of hydrogen-bond acceptors (Lipinski definition) is 4. The maximum atomic E-state index is 4.97. The molecular formula is C52H86N4. The van der Waals surface area contributed by atoms with Gasteiger partial charge in [-0.1, -0.05) is 139 Å². The smallest absolute Gasteiger partial charge is 0.0786 e. The van der Waals surface area contributed by atoms with Crippen molar-refractivity contribution in [3.8, 4) is 11.1 Å². The molecule has 0 spiro atoms. The van der Waals surface area contributed by atoms with Crippen LogP contribution in [0.15, 0.2) is 64.9 Å². The summed E-state index contributed by atoms with van der Waals surface area (Å²) in [5.41, 5.74) is 12.7. The lowest BCUT2D eigenvalue weighted by Crippen LogP contribution is -2.40. The third-order valence-electron chi connectivity index (χ3n) is 8.36. The number of aromatic nitrogens is 1. The second-order valence-electron chi connectivity index (χ2n) is 17.8. The van der Waals surface area contributed by atoms with Crippen molar-refractivity contribution in [2.45, 2.75) is 156 Å². The quantitative estimate of drug-likeness (QED) is 0.208. The number of aryl methyl sites for hydroxylation is 3. The highest BCUT2D eigenvalue weighted by molar-refractivity contribution is 5.99. The van der Waals surface area contributed by atoms with Gasteiger partial charge in [0.1, 0.15) is 0 Å². The minimum Gasteiger partial charge on any atom is -0.323 e. The molecule has 2 aliphatic carbocycles. The first-order valence-corrected chi connectivity index (χ1v) is 21.2. The number of hydrogen-bond donors (Lipinski definition) is 1. The normalized spacial score (nSPS) is 15.4. The maximum Gasteiger partial charge on any atom is 0.0786 e. The van der Waals surface area contributed by atoms with Gasteiger partial charge in [-0.3, -0.25) is 15.0 Å². The second-order valence-corrected chi connectivity index (χ2v) is 17.8. The Hall–Kier alpha value is -3.63. The van der Waals surface area contributed by atoms with Gasteiger partial charge in [0.2, 0.25) is 0 Å². The maximum absolute atomic E-state index is 4.97. The Balaban J connectivity index is 0. The summed E-state index contributed by atoms with van der Waals surface area (Å²) in [7, 11) is 5.57. The summed E-state index contributed by atoms with van der Waals surface area (Å²) in [5, 5.41) is 6.81. The lowest BCUT2D eigenvalue weighted by Gasteiger charge is -2.34. The van der Waals surface area contributed by atoms with Gasteiger partial charge in [0.05, 0.1) is 5.52 Å². The molecule has 0 saturated carbocycles. The topological polar surface area (TPSA) is 49.6 Å². The lowest BCUT2D eigenvalue weighted by atomic mass is 9.70. The lowest BCUT2D eigenvalue weighted by molar-refractivity contribution is 0.469. The number of benzene rings is 2. The molecule has 5 rings (SSSR count). The molecule has 0 bridgehead atoms. The van der Waals surface area contributed by atoms with Crippen molar-refractivity contribution in [1.29, 1.82) is 0 Å². The molecule has 1 atom stereocenters. The van der Waals surface area contributed by atoms with Crippen LogP contribution in [0, 0.1) is 23.2 Å². The number of pyridine rings is 1. The standard InChI is InChI=1S/C32H35N3.2C5H12.C3H8.C3H6.C2H7N.C2H6/c1-7-25-20(2)17-28-21(3)32(4,24(18-33-5)19-34-6)15-13-26(28)30(25)27-12-11-22-9-8-10-23-14-16-35-31(27)29(22)23;2*1-5(2,3)4;3*1-3-2;1-2/h11-14,16-19H,5,7-10,15H2,1-4,6H3;2*1-4H3;3H2,1-2H3;3H,1H2,2H3;3H,1-2H3;1-2H3/b24-18+,34-19?;;;;;;. The van der Waals surface area contributed by atoms with E-state index < -0.39 is 0 Å². The Morgan fingerprint density at radius 1 is 0.929 bits per heavy atom. The monoisotopic (exact) mass is 767 g/mol. The van der Waals surface area contributed by atoms with Crippen LogP contribution < -0.4 is 15.8 Å². The van der Waals surface area contributed by atoms with Gasteiger partial charge in [0.25, 0.3) is 0 Å². The number of rotatable bonds is 5. The summed E-state index contributed by atoms with van der Waals surface area (Å²) in [5.74, 6) is 0. The molecule has 1 heterocycles. The molecule has 1 unspecified atom stereocenters. The van der Waals surface area contributed by atoms with E-state index in [1.54, 1.807) is 6.08 Å². The van der Waals surface area contributed by atoms with E-state index in [0.29, 0.717) is 10.8 Å². The highest BCUT2D eigenvalue weighted by atomic mass is 14.7. The van der Waals surface area contributed by atoms with Gasteiger partial charge in [-0.25, -0.2) is 0 Å². The fourth-order valence-electron chi connectivity index (χ4n) is 6.31. The minimum absolute atomic E-state index is 0.177. The summed E-state index contributed by atoms with van der Waals surface area (Å²) in [4.78, 5) is 13.4. The molecule has 0 radical (unpaired) electrons. The molecule has 4 nitrogen and oxygen atoms in total. The minimum atomic E-state index is -0.177. The molecule has 1 N–H and O–H groups in total. The molecule has 2 aromatic carbocycles. The fraction of sp³-hybridized carbons (Fsp3) is 0.558. The first-order chi connectivity index (χ1) is 26.2. The van der Waals surface area contributed by atoms with Crippen LogP contribution in [-0.4, -0.2) is 39.1 Å². The van der Waals surface area contributed by atoms with Crippen LogP contribution in [0.1, 0.15) is 152 Å². The predicted molar refractivity (Wildman–Crippen MR) is 259 cm³/mol. The molecule has 0 amide bonds.